The van der Waals surface area contributed by atoms with Crippen LogP contribution in [0.15, 0.2) is 24.3 Å². The van der Waals surface area contributed by atoms with E-state index in [9.17, 15) is 4.79 Å². The minimum Gasteiger partial charge on any atom is -0.371 e. The van der Waals surface area contributed by atoms with Gasteiger partial charge in [-0.3, -0.25) is 4.79 Å². The molecule has 0 bridgehead atoms. The SMILES string of the molecule is CCCN(CC)c1ccccc1C(C)=O. The van der Waals surface area contributed by atoms with Crippen LogP contribution in [0.1, 0.15) is 37.6 Å². The van der Waals surface area contributed by atoms with E-state index in [1.807, 2.05) is 24.3 Å². The summed E-state index contributed by atoms with van der Waals surface area (Å²) in [7, 11) is 0. The highest BCUT2D eigenvalue weighted by Gasteiger charge is 2.10. The zero-order valence-corrected chi connectivity index (χ0v) is 9.79. The van der Waals surface area contributed by atoms with Crippen molar-refractivity contribution in [1.29, 1.82) is 0 Å². The summed E-state index contributed by atoms with van der Waals surface area (Å²) in [6.07, 6.45) is 1.10. The monoisotopic (exact) mass is 205 g/mol. The lowest BCUT2D eigenvalue weighted by Crippen LogP contribution is -2.25. The van der Waals surface area contributed by atoms with E-state index in [4.69, 9.17) is 0 Å². The summed E-state index contributed by atoms with van der Waals surface area (Å²) < 4.78 is 0. The molecule has 0 N–H and O–H groups in total. The van der Waals surface area contributed by atoms with Gasteiger partial charge < -0.3 is 4.90 Å². The Labute approximate surface area is 91.9 Å². The van der Waals surface area contributed by atoms with Gasteiger partial charge in [-0.1, -0.05) is 19.1 Å². The van der Waals surface area contributed by atoms with Gasteiger partial charge in [-0.2, -0.15) is 0 Å². The Morgan fingerprint density at radius 3 is 2.47 bits per heavy atom. The van der Waals surface area contributed by atoms with Gasteiger partial charge >= 0.3 is 0 Å². The number of benzene rings is 1. The molecule has 1 aromatic carbocycles. The molecule has 0 fully saturated rings. The fourth-order valence-corrected chi connectivity index (χ4v) is 1.77. The molecule has 0 amide bonds. The first-order valence-electron chi connectivity index (χ1n) is 5.55. The number of anilines is 1. The third-order valence-electron chi connectivity index (χ3n) is 2.50. The maximum absolute atomic E-state index is 11.5. The number of carbonyl (C=O) groups is 1. The third-order valence-corrected chi connectivity index (χ3v) is 2.50. The molecule has 0 unspecified atom stereocenters. The van der Waals surface area contributed by atoms with Crippen molar-refractivity contribution in [3.05, 3.63) is 29.8 Å². The Morgan fingerprint density at radius 2 is 1.93 bits per heavy atom. The Morgan fingerprint density at radius 1 is 1.27 bits per heavy atom. The van der Waals surface area contributed by atoms with Gasteiger partial charge in [0.1, 0.15) is 0 Å². The van der Waals surface area contributed by atoms with E-state index in [2.05, 4.69) is 18.7 Å². The van der Waals surface area contributed by atoms with Crippen LogP contribution >= 0.6 is 0 Å². The van der Waals surface area contributed by atoms with E-state index >= 15 is 0 Å². The second-order valence-corrected chi connectivity index (χ2v) is 3.65. The molecule has 15 heavy (non-hydrogen) atoms. The Balaban J connectivity index is 3.04. The molecule has 0 saturated heterocycles. The fraction of sp³-hybridized carbons (Fsp3) is 0.462. The number of Topliss-reactive ketones (excluding diaryl/α,β-unsaturated/α-hetero) is 1. The lowest BCUT2D eigenvalue weighted by Gasteiger charge is -2.24. The van der Waals surface area contributed by atoms with Crippen molar-refractivity contribution in [3.8, 4) is 0 Å². The minimum atomic E-state index is 0.139. The number of para-hydroxylation sites is 1. The van der Waals surface area contributed by atoms with Crippen molar-refractivity contribution in [2.75, 3.05) is 18.0 Å². The van der Waals surface area contributed by atoms with Gasteiger partial charge in [0.2, 0.25) is 0 Å². The van der Waals surface area contributed by atoms with E-state index in [1.54, 1.807) is 6.92 Å². The minimum absolute atomic E-state index is 0.139. The normalized spacial score (nSPS) is 10.1. The zero-order valence-electron chi connectivity index (χ0n) is 9.79. The predicted octanol–water partition coefficient (Wildman–Crippen LogP) is 3.13. The average Bonchev–Trinajstić information content (AvgIpc) is 2.26. The van der Waals surface area contributed by atoms with Crippen LogP contribution in [0, 0.1) is 0 Å². The highest BCUT2D eigenvalue weighted by atomic mass is 16.1. The van der Waals surface area contributed by atoms with Crippen LogP contribution in [0.4, 0.5) is 5.69 Å². The number of hydrogen-bond acceptors (Lipinski definition) is 2. The molecular weight excluding hydrogens is 186 g/mol. The van der Waals surface area contributed by atoms with Gasteiger partial charge in [-0.05, 0) is 32.4 Å². The average molecular weight is 205 g/mol. The second kappa shape index (κ2) is 5.54. The first-order chi connectivity index (χ1) is 7.20. The smallest absolute Gasteiger partial charge is 0.161 e. The van der Waals surface area contributed by atoms with Crippen molar-refractivity contribution < 1.29 is 4.79 Å². The van der Waals surface area contributed by atoms with Crippen molar-refractivity contribution in [2.45, 2.75) is 27.2 Å². The van der Waals surface area contributed by atoms with Crippen LogP contribution < -0.4 is 4.90 Å². The highest BCUT2D eigenvalue weighted by molar-refractivity contribution is 5.99. The Kier molecular flexibility index (Phi) is 4.35. The molecule has 0 atom stereocenters. The van der Waals surface area contributed by atoms with Crippen LogP contribution in [0.5, 0.6) is 0 Å². The summed E-state index contributed by atoms with van der Waals surface area (Å²) in [6, 6.07) is 7.83. The van der Waals surface area contributed by atoms with Crippen molar-refractivity contribution in [1.82, 2.24) is 0 Å². The van der Waals surface area contributed by atoms with Gasteiger partial charge in [0.15, 0.2) is 5.78 Å². The van der Waals surface area contributed by atoms with Gasteiger partial charge in [0.25, 0.3) is 0 Å². The molecule has 82 valence electrons. The summed E-state index contributed by atoms with van der Waals surface area (Å²) in [6.45, 7) is 7.84. The molecule has 1 rings (SSSR count). The van der Waals surface area contributed by atoms with Crippen LogP contribution in [0.25, 0.3) is 0 Å². The molecule has 0 heterocycles. The molecular formula is C13H19NO. The largest absolute Gasteiger partial charge is 0.371 e. The Bertz CT molecular complexity index is 333. The zero-order chi connectivity index (χ0) is 11.3. The van der Waals surface area contributed by atoms with Crippen LogP contribution in [-0.4, -0.2) is 18.9 Å². The van der Waals surface area contributed by atoms with Gasteiger partial charge in [0.05, 0.1) is 0 Å². The molecule has 0 spiro atoms. The first kappa shape index (κ1) is 11.8. The van der Waals surface area contributed by atoms with Crippen molar-refractivity contribution in [3.63, 3.8) is 0 Å². The Hall–Kier alpha value is -1.31. The fourth-order valence-electron chi connectivity index (χ4n) is 1.77. The molecule has 0 aromatic heterocycles. The maximum Gasteiger partial charge on any atom is 0.161 e. The predicted molar refractivity (Wildman–Crippen MR) is 64.6 cm³/mol. The summed E-state index contributed by atoms with van der Waals surface area (Å²) in [4.78, 5) is 13.7. The first-order valence-corrected chi connectivity index (χ1v) is 5.55. The lowest BCUT2D eigenvalue weighted by molar-refractivity contribution is 0.101. The summed E-state index contributed by atoms with van der Waals surface area (Å²) in [5, 5.41) is 0. The third kappa shape index (κ3) is 2.82. The van der Waals surface area contributed by atoms with E-state index < -0.39 is 0 Å². The molecule has 0 saturated carbocycles. The molecule has 2 nitrogen and oxygen atoms in total. The van der Waals surface area contributed by atoms with Crippen molar-refractivity contribution in [2.24, 2.45) is 0 Å². The van der Waals surface area contributed by atoms with Crippen LogP contribution in [0.3, 0.4) is 0 Å². The molecule has 0 radical (unpaired) electrons. The number of ketones is 1. The second-order valence-electron chi connectivity index (χ2n) is 3.65. The van der Waals surface area contributed by atoms with Gasteiger partial charge in [0, 0.05) is 24.3 Å². The number of carbonyl (C=O) groups excluding carboxylic acids is 1. The van der Waals surface area contributed by atoms with E-state index in [0.717, 1.165) is 30.8 Å². The summed E-state index contributed by atoms with van der Waals surface area (Å²) >= 11 is 0. The quantitative estimate of drug-likeness (QED) is 0.688. The number of nitrogens with zero attached hydrogens (tertiary/aromatic N) is 1. The van der Waals surface area contributed by atoms with Crippen LogP contribution in [-0.2, 0) is 0 Å². The molecule has 1 aromatic rings. The van der Waals surface area contributed by atoms with Gasteiger partial charge in [-0.15, -0.1) is 0 Å². The lowest BCUT2D eigenvalue weighted by atomic mass is 10.1. The topological polar surface area (TPSA) is 20.3 Å². The molecule has 0 aliphatic carbocycles. The van der Waals surface area contributed by atoms with Crippen LogP contribution in [0.2, 0.25) is 0 Å². The number of rotatable bonds is 5. The van der Waals surface area contributed by atoms with E-state index in [-0.39, 0.29) is 5.78 Å². The van der Waals surface area contributed by atoms with E-state index in [0.29, 0.717) is 0 Å². The highest BCUT2D eigenvalue weighted by Crippen LogP contribution is 2.20. The van der Waals surface area contributed by atoms with Gasteiger partial charge in [-0.25, -0.2) is 0 Å². The standard InChI is InChI=1S/C13H19NO/c1-4-10-14(5-2)13-9-7-6-8-12(13)11(3)15/h6-9H,4-5,10H2,1-3H3. The molecule has 2 heteroatoms. The molecule has 0 aliphatic heterocycles. The maximum atomic E-state index is 11.5. The summed E-state index contributed by atoms with van der Waals surface area (Å²) in [5.74, 6) is 0.139. The molecule has 0 aliphatic rings. The summed E-state index contributed by atoms with van der Waals surface area (Å²) in [5.41, 5.74) is 1.89. The number of hydrogen-bond donors (Lipinski definition) is 0. The van der Waals surface area contributed by atoms with E-state index in [1.165, 1.54) is 0 Å². The van der Waals surface area contributed by atoms with Crippen molar-refractivity contribution >= 4 is 11.5 Å².